The zero-order valence-corrected chi connectivity index (χ0v) is 12.2. The van der Waals surface area contributed by atoms with Gasteiger partial charge in [-0.2, -0.15) is 0 Å². The number of carbonyl (C=O) groups excluding carboxylic acids is 2. The molecule has 1 heterocycles. The van der Waals surface area contributed by atoms with Crippen LogP contribution < -0.4 is 0 Å². The molecule has 1 aliphatic heterocycles. The second-order valence-electron chi connectivity index (χ2n) is 6.02. The van der Waals surface area contributed by atoms with Crippen molar-refractivity contribution in [2.75, 3.05) is 6.61 Å². The van der Waals surface area contributed by atoms with Gasteiger partial charge in [-0.05, 0) is 24.3 Å². The van der Waals surface area contributed by atoms with Crippen LogP contribution in [-0.2, 0) is 16.0 Å². The van der Waals surface area contributed by atoms with Crippen LogP contribution >= 0.6 is 0 Å². The second-order valence-corrected chi connectivity index (χ2v) is 6.02. The van der Waals surface area contributed by atoms with E-state index in [1.54, 1.807) is 0 Å². The molecule has 4 heteroatoms. The summed E-state index contributed by atoms with van der Waals surface area (Å²) in [4.78, 5) is 25.5. The summed E-state index contributed by atoms with van der Waals surface area (Å²) in [7, 11) is 0. The summed E-state index contributed by atoms with van der Waals surface area (Å²) < 4.78 is 5.08. The van der Waals surface area contributed by atoms with E-state index in [0.29, 0.717) is 25.4 Å². The Bertz CT molecular complexity index is 510. The van der Waals surface area contributed by atoms with Crippen molar-refractivity contribution in [2.45, 2.75) is 44.6 Å². The Hall–Kier alpha value is -1.84. The van der Waals surface area contributed by atoms with E-state index in [9.17, 15) is 9.59 Å². The fraction of sp³-hybridized carbons (Fsp3) is 0.529. The molecule has 0 bridgehead atoms. The van der Waals surface area contributed by atoms with Crippen LogP contribution in [0.15, 0.2) is 30.3 Å². The van der Waals surface area contributed by atoms with Gasteiger partial charge in [0.15, 0.2) is 0 Å². The topological polar surface area (TPSA) is 46.6 Å². The molecule has 0 N–H and O–H groups in total. The fourth-order valence-corrected chi connectivity index (χ4v) is 3.03. The van der Waals surface area contributed by atoms with Crippen molar-refractivity contribution in [1.29, 1.82) is 0 Å². The Kier molecular flexibility index (Phi) is 4.23. The predicted molar refractivity (Wildman–Crippen MR) is 78.7 cm³/mol. The van der Waals surface area contributed by atoms with Crippen LogP contribution in [-0.4, -0.2) is 29.5 Å². The predicted octanol–water partition coefficient (Wildman–Crippen LogP) is 3.16. The molecule has 0 unspecified atom stereocenters. The maximum atomic E-state index is 12.3. The van der Waals surface area contributed by atoms with Crippen molar-refractivity contribution in [3.05, 3.63) is 35.9 Å². The number of imide groups is 1. The highest BCUT2D eigenvalue weighted by Gasteiger charge is 2.37. The van der Waals surface area contributed by atoms with Crippen LogP contribution in [0.3, 0.4) is 0 Å². The molecular weight excluding hydrogens is 266 g/mol. The van der Waals surface area contributed by atoms with Gasteiger partial charge in [0.05, 0.1) is 6.04 Å². The molecule has 1 aromatic rings. The molecule has 2 aliphatic rings. The molecule has 3 rings (SSSR count). The number of carbonyl (C=O) groups is 2. The summed E-state index contributed by atoms with van der Waals surface area (Å²) in [5.74, 6) is 0.602. The average Bonchev–Trinajstić information content (AvgIpc) is 2.79. The average molecular weight is 287 g/mol. The number of hydrogen-bond acceptors (Lipinski definition) is 3. The third-order valence-electron chi connectivity index (χ3n) is 4.54. The van der Waals surface area contributed by atoms with E-state index in [0.717, 1.165) is 12.0 Å². The largest absolute Gasteiger partial charge is 0.447 e. The van der Waals surface area contributed by atoms with Crippen molar-refractivity contribution in [1.82, 2.24) is 4.90 Å². The van der Waals surface area contributed by atoms with Crippen molar-refractivity contribution in [3.63, 3.8) is 0 Å². The summed E-state index contributed by atoms with van der Waals surface area (Å²) in [6, 6.07) is 9.76. The number of nitrogens with zero attached hydrogens (tertiary/aromatic N) is 1. The highest BCUT2D eigenvalue weighted by molar-refractivity contribution is 5.93. The maximum absolute atomic E-state index is 12.3. The summed E-state index contributed by atoms with van der Waals surface area (Å²) >= 11 is 0. The molecule has 2 fully saturated rings. The molecule has 0 radical (unpaired) electrons. The summed E-state index contributed by atoms with van der Waals surface area (Å²) in [6.07, 6.45) is 5.29. The van der Waals surface area contributed by atoms with E-state index < -0.39 is 6.09 Å². The molecular formula is C17H21NO3. The zero-order valence-electron chi connectivity index (χ0n) is 12.2. The Morgan fingerprint density at radius 1 is 1.24 bits per heavy atom. The normalized spacial score (nSPS) is 22.0. The minimum Gasteiger partial charge on any atom is -0.447 e. The molecule has 112 valence electrons. The van der Waals surface area contributed by atoms with E-state index in [-0.39, 0.29) is 11.9 Å². The van der Waals surface area contributed by atoms with Gasteiger partial charge >= 0.3 is 6.09 Å². The highest BCUT2D eigenvalue weighted by Crippen LogP contribution is 2.31. The first-order valence-corrected chi connectivity index (χ1v) is 7.77. The first kappa shape index (κ1) is 14.1. The van der Waals surface area contributed by atoms with Crippen LogP contribution in [0.1, 0.15) is 37.7 Å². The fourth-order valence-electron chi connectivity index (χ4n) is 3.03. The molecule has 0 spiro atoms. The first-order valence-electron chi connectivity index (χ1n) is 7.77. The monoisotopic (exact) mass is 287 g/mol. The third kappa shape index (κ3) is 3.26. The van der Waals surface area contributed by atoms with Gasteiger partial charge in [-0.3, -0.25) is 4.79 Å². The summed E-state index contributed by atoms with van der Waals surface area (Å²) in [5.41, 5.74) is 1.12. The minimum absolute atomic E-state index is 0.0784. The van der Waals surface area contributed by atoms with Crippen LogP contribution in [0.4, 0.5) is 4.79 Å². The summed E-state index contributed by atoms with van der Waals surface area (Å²) in [6.45, 7) is 0.308. The Balaban J connectivity index is 1.60. The molecule has 4 nitrogen and oxygen atoms in total. The highest BCUT2D eigenvalue weighted by atomic mass is 16.6. The van der Waals surface area contributed by atoms with Gasteiger partial charge in [0, 0.05) is 6.42 Å². The van der Waals surface area contributed by atoms with E-state index in [1.807, 2.05) is 30.3 Å². The lowest BCUT2D eigenvalue weighted by atomic mass is 9.82. The van der Waals surface area contributed by atoms with Gasteiger partial charge in [-0.25, -0.2) is 9.69 Å². The van der Waals surface area contributed by atoms with Crippen LogP contribution in [0, 0.1) is 5.92 Å². The van der Waals surface area contributed by atoms with Crippen molar-refractivity contribution in [2.24, 2.45) is 5.92 Å². The van der Waals surface area contributed by atoms with E-state index in [4.69, 9.17) is 4.74 Å². The Morgan fingerprint density at radius 3 is 2.67 bits per heavy atom. The Labute approximate surface area is 125 Å². The number of ether oxygens (including phenoxy) is 1. The molecule has 0 aromatic heterocycles. The molecule has 1 saturated heterocycles. The lowest BCUT2D eigenvalue weighted by Gasteiger charge is -2.26. The van der Waals surface area contributed by atoms with Gasteiger partial charge < -0.3 is 4.74 Å². The van der Waals surface area contributed by atoms with E-state index >= 15 is 0 Å². The first-order chi connectivity index (χ1) is 10.2. The van der Waals surface area contributed by atoms with E-state index in [2.05, 4.69) is 0 Å². The standard InChI is InChI=1S/C17H21NO3/c19-16(10-9-13-7-4-8-13)18-15(12-21-17(18)20)11-14-5-2-1-3-6-14/h1-3,5-6,13,15H,4,7-12H2/t15-/m1/s1. The molecule has 1 aliphatic carbocycles. The molecule has 21 heavy (non-hydrogen) atoms. The van der Waals surface area contributed by atoms with Crippen LogP contribution in [0.25, 0.3) is 0 Å². The van der Waals surface area contributed by atoms with Gasteiger partial charge in [0.25, 0.3) is 0 Å². The second kappa shape index (κ2) is 6.29. The Morgan fingerprint density at radius 2 is 2.00 bits per heavy atom. The smallest absolute Gasteiger partial charge is 0.416 e. The minimum atomic E-state index is -0.477. The molecule has 2 amide bonds. The lowest BCUT2D eigenvalue weighted by molar-refractivity contribution is -0.129. The quantitative estimate of drug-likeness (QED) is 0.835. The van der Waals surface area contributed by atoms with Gasteiger partial charge in [0.2, 0.25) is 5.91 Å². The van der Waals surface area contributed by atoms with Gasteiger partial charge in [0.1, 0.15) is 6.61 Å². The van der Waals surface area contributed by atoms with Gasteiger partial charge in [-0.1, -0.05) is 49.6 Å². The number of rotatable bonds is 5. The number of benzene rings is 1. The third-order valence-corrected chi connectivity index (χ3v) is 4.54. The van der Waals surface area contributed by atoms with E-state index in [1.165, 1.54) is 24.2 Å². The maximum Gasteiger partial charge on any atom is 0.416 e. The number of amides is 2. The molecule has 1 atom stereocenters. The van der Waals surface area contributed by atoms with Crippen molar-refractivity contribution < 1.29 is 14.3 Å². The lowest BCUT2D eigenvalue weighted by Crippen LogP contribution is -2.40. The molecule has 1 aromatic carbocycles. The van der Waals surface area contributed by atoms with Crippen LogP contribution in [0.2, 0.25) is 0 Å². The number of cyclic esters (lactones) is 1. The van der Waals surface area contributed by atoms with Gasteiger partial charge in [-0.15, -0.1) is 0 Å². The van der Waals surface area contributed by atoms with Crippen molar-refractivity contribution in [3.8, 4) is 0 Å². The molecule has 1 saturated carbocycles. The number of hydrogen-bond donors (Lipinski definition) is 0. The van der Waals surface area contributed by atoms with Crippen LogP contribution in [0.5, 0.6) is 0 Å². The summed E-state index contributed by atoms with van der Waals surface area (Å²) in [5, 5.41) is 0. The van der Waals surface area contributed by atoms with Crippen molar-refractivity contribution >= 4 is 12.0 Å². The zero-order chi connectivity index (χ0) is 14.7. The SMILES string of the molecule is O=C(CCC1CCC1)N1C(=O)OC[C@H]1Cc1ccccc1.